The molecule has 0 aliphatic carbocycles. The molecule has 0 aliphatic rings. The summed E-state index contributed by atoms with van der Waals surface area (Å²) in [5.74, 6) is -1.06. The Labute approximate surface area is 161 Å². The zero-order chi connectivity index (χ0) is 19.5. The topological polar surface area (TPSA) is 75.3 Å². The average Bonchev–Trinajstić information content (AvgIpc) is 2.54. The van der Waals surface area contributed by atoms with Crippen LogP contribution in [0.15, 0.2) is 42.5 Å². The number of benzene rings is 2. The Bertz CT molecular complexity index is 841. The average molecular weight is 393 g/mol. The van der Waals surface area contributed by atoms with Gasteiger partial charge in [0, 0.05) is 27.0 Å². The van der Waals surface area contributed by atoms with Gasteiger partial charge in [-0.25, -0.2) is 0 Å². The second-order valence-corrected chi connectivity index (χ2v) is 7.20. The number of halogens is 2. The summed E-state index contributed by atoms with van der Waals surface area (Å²) in [7, 11) is 0. The predicted molar refractivity (Wildman–Crippen MR) is 104 cm³/mol. The highest BCUT2D eigenvalue weighted by Crippen LogP contribution is 2.26. The van der Waals surface area contributed by atoms with Crippen molar-refractivity contribution in [2.75, 3.05) is 10.6 Å². The van der Waals surface area contributed by atoms with Crippen molar-refractivity contribution in [1.29, 1.82) is 0 Å². The monoisotopic (exact) mass is 392 g/mol. The molecular formula is C19H18Cl2N2O3. The summed E-state index contributed by atoms with van der Waals surface area (Å²) in [5, 5.41) is 6.07. The van der Waals surface area contributed by atoms with E-state index < -0.39 is 17.2 Å². The van der Waals surface area contributed by atoms with Gasteiger partial charge in [0.05, 0.1) is 0 Å². The third-order valence-electron chi connectivity index (χ3n) is 3.81. The van der Waals surface area contributed by atoms with E-state index in [9.17, 15) is 14.4 Å². The van der Waals surface area contributed by atoms with E-state index in [-0.39, 0.29) is 5.78 Å². The zero-order valence-electron chi connectivity index (χ0n) is 14.5. The summed E-state index contributed by atoms with van der Waals surface area (Å²) in [6.07, 6.45) is 0. The fourth-order valence-corrected chi connectivity index (χ4v) is 2.62. The fourth-order valence-electron chi connectivity index (χ4n) is 2.09. The largest absolute Gasteiger partial charge is 0.325 e. The summed E-state index contributed by atoms with van der Waals surface area (Å²) in [4.78, 5) is 36.3. The molecule has 0 radical (unpaired) electrons. The first-order valence-electron chi connectivity index (χ1n) is 7.79. The number of Topliss-reactive ketones (excluding diaryl/α,β-unsaturated/α-hetero) is 1. The molecule has 0 heterocycles. The van der Waals surface area contributed by atoms with E-state index in [1.54, 1.807) is 42.5 Å². The zero-order valence-corrected chi connectivity index (χ0v) is 16.0. The SMILES string of the molecule is CC(=O)c1ccc(NC(=O)C(C)(C)C(=O)Nc2cc(Cl)cc(Cl)c2)cc1. The molecule has 0 unspecified atom stereocenters. The van der Waals surface area contributed by atoms with E-state index >= 15 is 0 Å². The minimum absolute atomic E-state index is 0.0669. The highest BCUT2D eigenvalue weighted by Gasteiger charge is 2.36. The van der Waals surface area contributed by atoms with E-state index in [1.807, 2.05) is 0 Å². The van der Waals surface area contributed by atoms with Crippen LogP contribution in [0.25, 0.3) is 0 Å². The molecular weight excluding hydrogens is 375 g/mol. The lowest BCUT2D eigenvalue weighted by molar-refractivity contribution is -0.135. The van der Waals surface area contributed by atoms with Crippen LogP contribution in [-0.4, -0.2) is 17.6 Å². The van der Waals surface area contributed by atoms with Gasteiger partial charge in [-0.2, -0.15) is 0 Å². The van der Waals surface area contributed by atoms with E-state index in [0.717, 1.165) is 0 Å². The predicted octanol–water partition coefficient (Wildman–Crippen LogP) is 4.80. The molecule has 0 saturated carbocycles. The van der Waals surface area contributed by atoms with Crippen LogP contribution >= 0.6 is 23.2 Å². The molecule has 0 aromatic heterocycles. The number of hydrogen-bond acceptors (Lipinski definition) is 3. The van der Waals surface area contributed by atoms with Crippen LogP contribution in [0.5, 0.6) is 0 Å². The van der Waals surface area contributed by atoms with E-state index in [1.165, 1.54) is 20.8 Å². The molecule has 2 amide bonds. The molecule has 0 aliphatic heterocycles. The van der Waals surface area contributed by atoms with Crippen LogP contribution in [0.3, 0.4) is 0 Å². The summed E-state index contributed by atoms with van der Waals surface area (Å²) in [5.41, 5.74) is 0.0808. The van der Waals surface area contributed by atoms with Gasteiger partial charge in [-0.05, 0) is 63.2 Å². The van der Waals surface area contributed by atoms with Gasteiger partial charge in [0.1, 0.15) is 5.41 Å². The first kappa shape index (κ1) is 19.9. The molecule has 136 valence electrons. The van der Waals surface area contributed by atoms with Crippen LogP contribution in [0, 0.1) is 5.41 Å². The van der Waals surface area contributed by atoms with Crippen molar-refractivity contribution in [3.05, 3.63) is 58.1 Å². The van der Waals surface area contributed by atoms with Gasteiger partial charge < -0.3 is 10.6 Å². The van der Waals surface area contributed by atoms with Crippen molar-refractivity contribution in [1.82, 2.24) is 0 Å². The van der Waals surface area contributed by atoms with Gasteiger partial charge >= 0.3 is 0 Å². The van der Waals surface area contributed by atoms with Crippen LogP contribution in [0.1, 0.15) is 31.1 Å². The maximum absolute atomic E-state index is 12.5. The number of nitrogens with one attached hydrogen (secondary N) is 2. The molecule has 0 fully saturated rings. The maximum atomic E-state index is 12.5. The number of carbonyl (C=O) groups excluding carboxylic acids is 3. The normalized spacial score (nSPS) is 11.0. The highest BCUT2D eigenvalue weighted by atomic mass is 35.5. The van der Waals surface area contributed by atoms with Crippen LogP contribution in [0.2, 0.25) is 10.0 Å². The molecule has 7 heteroatoms. The second-order valence-electron chi connectivity index (χ2n) is 6.32. The molecule has 0 saturated heterocycles. The van der Waals surface area contributed by atoms with Crippen molar-refractivity contribution in [3.8, 4) is 0 Å². The summed E-state index contributed by atoms with van der Waals surface area (Å²) < 4.78 is 0. The Kier molecular flexibility index (Phi) is 6.05. The molecule has 2 aromatic carbocycles. The Morgan fingerprint density at radius 3 is 1.73 bits per heavy atom. The van der Waals surface area contributed by atoms with Crippen molar-refractivity contribution in [3.63, 3.8) is 0 Å². The molecule has 0 bridgehead atoms. The van der Waals surface area contributed by atoms with Gasteiger partial charge in [-0.15, -0.1) is 0 Å². The lowest BCUT2D eigenvalue weighted by Gasteiger charge is -2.23. The van der Waals surface area contributed by atoms with Gasteiger partial charge in [-0.3, -0.25) is 14.4 Å². The molecule has 5 nitrogen and oxygen atoms in total. The van der Waals surface area contributed by atoms with E-state index in [0.29, 0.717) is 27.0 Å². The Morgan fingerprint density at radius 2 is 1.27 bits per heavy atom. The molecule has 0 atom stereocenters. The number of rotatable bonds is 5. The number of carbonyl (C=O) groups is 3. The Hall–Kier alpha value is -2.37. The molecule has 2 N–H and O–H groups in total. The van der Waals surface area contributed by atoms with E-state index in [4.69, 9.17) is 23.2 Å². The van der Waals surface area contributed by atoms with E-state index in [2.05, 4.69) is 10.6 Å². The Balaban J connectivity index is 2.10. The standard InChI is InChI=1S/C19H18Cl2N2O3/c1-11(24)12-4-6-15(7-5-12)22-17(25)19(2,3)18(26)23-16-9-13(20)8-14(21)10-16/h4-10H,1-3H3,(H,22,25)(H,23,26). The number of hydrogen-bond donors (Lipinski definition) is 2. The summed E-state index contributed by atoms with van der Waals surface area (Å²) in [6, 6.07) is 11.1. The van der Waals surface area contributed by atoms with Gasteiger partial charge in [0.2, 0.25) is 11.8 Å². The number of amides is 2. The van der Waals surface area contributed by atoms with Crippen molar-refractivity contribution in [2.45, 2.75) is 20.8 Å². The highest BCUT2D eigenvalue weighted by molar-refractivity contribution is 6.35. The lowest BCUT2D eigenvalue weighted by atomic mass is 9.90. The van der Waals surface area contributed by atoms with Gasteiger partial charge in [0.25, 0.3) is 0 Å². The van der Waals surface area contributed by atoms with Gasteiger partial charge in [-0.1, -0.05) is 23.2 Å². The van der Waals surface area contributed by atoms with Crippen molar-refractivity contribution >= 4 is 52.2 Å². The Morgan fingerprint density at radius 1 is 0.808 bits per heavy atom. The fraction of sp³-hybridized carbons (Fsp3) is 0.211. The molecule has 0 spiro atoms. The maximum Gasteiger partial charge on any atom is 0.239 e. The van der Waals surface area contributed by atoms with Crippen molar-refractivity contribution in [2.24, 2.45) is 5.41 Å². The first-order chi connectivity index (χ1) is 12.1. The van der Waals surface area contributed by atoms with Crippen LogP contribution in [-0.2, 0) is 9.59 Å². The molecule has 2 aromatic rings. The third kappa shape index (κ3) is 4.84. The second kappa shape index (κ2) is 7.89. The number of ketones is 1. The minimum atomic E-state index is -1.35. The first-order valence-corrected chi connectivity index (χ1v) is 8.55. The smallest absolute Gasteiger partial charge is 0.239 e. The number of anilines is 2. The van der Waals surface area contributed by atoms with Gasteiger partial charge in [0.15, 0.2) is 5.78 Å². The third-order valence-corrected chi connectivity index (χ3v) is 4.24. The quantitative estimate of drug-likeness (QED) is 0.566. The summed E-state index contributed by atoms with van der Waals surface area (Å²) in [6.45, 7) is 4.48. The van der Waals surface area contributed by atoms with Crippen molar-refractivity contribution < 1.29 is 14.4 Å². The minimum Gasteiger partial charge on any atom is -0.325 e. The van der Waals surface area contributed by atoms with Crippen LogP contribution in [0.4, 0.5) is 11.4 Å². The lowest BCUT2D eigenvalue weighted by Crippen LogP contribution is -2.41. The van der Waals surface area contributed by atoms with Crippen LogP contribution < -0.4 is 10.6 Å². The summed E-state index contributed by atoms with van der Waals surface area (Å²) >= 11 is 11.8. The molecule has 26 heavy (non-hydrogen) atoms. The molecule has 2 rings (SSSR count).